The van der Waals surface area contributed by atoms with Crippen molar-refractivity contribution in [2.45, 2.75) is 38.7 Å². The molecule has 4 heteroatoms. The summed E-state index contributed by atoms with van der Waals surface area (Å²) in [6.45, 7) is 2.29. The first kappa shape index (κ1) is 12.9. The molecule has 1 unspecified atom stereocenters. The lowest BCUT2D eigenvalue weighted by molar-refractivity contribution is 0.0784. The molecule has 0 saturated heterocycles. The quantitative estimate of drug-likeness (QED) is 0.810. The zero-order valence-corrected chi connectivity index (χ0v) is 12.4. The Morgan fingerprint density at radius 3 is 2.56 bits per heavy atom. The molecule has 0 radical (unpaired) electrons. The van der Waals surface area contributed by atoms with Crippen molar-refractivity contribution in [3.63, 3.8) is 0 Å². The number of aliphatic hydroxyl groups is 1. The summed E-state index contributed by atoms with van der Waals surface area (Å²) in [6, 6.07) is 1.89. The standard InChI is InChI=1S/C12H16BrClOS/c1-7-2-4-8(5-3-7)11(15)10-6-9(14)12(13)16-10/h6-8,11,15H,2-5H2,1H3. The average Bonchev–Trinajstić information content (AvgIpc) is 2.59. The zero-order valence-electron chi connectivity index (χ0n) is 9.25. The molecule has 2 rings (SSSR count). The van der Waals surface area contributed by atoms with E-state index in [0.717, 1.165) is 27.4 Å². The highest BCUT2D eigenvalue weighted by Crippen LogP contribution is 2.42. The molecule has 16 heavy (non-hydrogen) atoms. The summed E-state index contributed by atoms with van der Waals surface area (Å²) < 4.78 is 0.924. The van der Waals surface area contributed by atoms with Gasteiger partial charge < -0.3 is 5.11 Å². The fourth-order valence-corrected chi connectivity index (χ4v) is 4.17. The minimum absolute atomic E-state index is 0.332. The van der Waals surface area contributed by atoms with Gasteiger partial charge in [0.15, 0.2) is 0 Å². The summed E-state index contributed by atoms with van der Waals surface area (Å²) in [5, 5.41) is 11.0. The van der Waals surface area contributed by atoms with Gasteiger partial charge in [-0.2, -0.15) is 0 Å². The molecule has 1 aromatic heterocycles. The van der Waals surface area contributed by atoms with Gasteiger partial charge in [-0.15, -0.1) is 11.3 Å². The van der Waals surface area contributed by atoms with E-state index in [1.54, 1.807) is 11.3 Å². The van der Waals surface area contributed by atoms with Crippen molar-refractivity contribution in [3.8, 4) is 0 Å². The second kappa shape index (κ2) is 5.38. The van der Waals surface area contributed by atoms with Gasteiger partial charge >= 0.3 is 0 Å². The molecule has 90 valence electrons. The van der Waals surface area contributed by atoms with Crippen LogP contribution in [-0.2, 0) is 0 Å². The fourth-order valence-electron chi connectivity index (χ4n) is 2.34. The van der Waals surface area contributed by atoms with Gasteiger partial charge in [-0.1, -0.05) is 31.4 Å². The van der Waals surface area contributed by atoms with Crippen molar-refractivity contribution in [1.82, 2.24) is 0 Å². The first-order valence-corrected chi connectivity index (χ1v) is 7.69. The van der Waals surface area contributed by atoms with Crippen molar-refractivity contribution in [1.29, 1.82) is 0 Å². The van der Waals surface area contributed by atoms with E-state index in [4.69, 9.17) is 11.6 Å². The predicted octanol–water partition coefficient (Wildman–Crippen LogP) is 5.02. The Labute approximate surface area is 114 Å². The third-order valence-corrected chi connectivity index (χ3v) is 6.01. The molecule has 1 aliphatic carbocycles. The number of rotatable bonds is 2. The number of thiophene rings is 1. The van der Waals surface area contributed by atoms with Gasteiger partial charge in [-0.3, -0.25) is 0 Å². The van der Waals surface area contributed by atoms with E-state index in [1.165, 1.54) is 12.8 Å². The molecular formula is C12H16BrClOS. The number of halogens is 2. The Morgan fingerprint density at radius 1 is 1.44 bits per heavy atom. The van der Waals surface area contributed by atoms with Gasteiger partial charge in [0.1, 0.15) is 0 Å². The van der Waals surface area contributed by atoms with Crippen LogP contribution in [0, 0.1) is 11.8 Å². The molecule has 1 aromatic rings. The molecule has 1 N–H and O–H groups in total. The Kier molecular flexibility index (Phi) is 4.33. The van der Waals surface area contributed by atoms with E-state index in [-0.39, 0.29) is 6.10 Å². The molecule has 1 aliphatic rings. The Bertz CT molecular complexity index is 338. The van der Waals surface area contributed by atoms with Crippen LogP contribution in [-0.4, -0.2) is 5.11 Å². The van der Waals surface area contributed by atoms with Crippen molar-refractivity contribution in [2.24, 2.45) is 11.8 Å². The molecule has 1 nitrogen and oxygen atoms in total. The summed E-state index contributed by atoms with van der Waals surface area (Å²) in [6.07, 6.45) is 4.41. The van der Waals surface area contributed by atoms with Gasteiger partial charge in [0, 0.05) is 4.88 Å². The molecule has 1 saturated carbocycles. The molecule has 1 atom stereocenters. The van der Waals surface area contributed by atoms with E-state index in [1.807, 2.05) is 6.07 Å². The van der Waals surface area contributed by atoms with E-state index in [9.17, 15) is 5.11 Å². The van der Waals surface area contributed by atoms with E-state index < -0.39 is 0 Å². The molecule has 0 aliphatic heterocycles. The Balaban J connectivity index is 2.04. The van der Waals surface area contributed by atoms with Crippen LogP contribution in [0.3, 0.4) is 0 Å². The lowest BCUT2D eigenvalue weighted by atomic mass is 9.80. The third kappa shape index (κ3) is 2.81. The molecule has 1 heterocycles. The number of hydrogen-bond donors (Lipinski definition) is 1. The van der Waals surface area contributed by atoms with Gasteiger partial charge in [-0.25, -0.2) is 0 Å². The summed E-state index contributed by atoms with van der Waals surface area (Å²) in [7, 11) is 0. The predicted molar refractivity (Wildman–Crippen MR) is 73.1 cm³/mol. The Hall–Kier alpha value is 0.430. The third-order valence-electron chi connectivity index (χ3n) is 3.46. The van der Waals surface area contributed by atoms with Crippen LogP contribution >= 0.6 is 38.9 Å². The highest BCUT2D eigenvalue weighted by Gasteiger charge is 2.27. The van der Waals surface area contributed by atoms with Crippen LogP contribution in [0.1, 0.15) is 43.6 Å². The molecule has 0 spiro atoms. The number of aliphatic hydroxyl groups excluding tert-OH is 1. The van der Waals surface area contributed by atoms with E-state index in [2.05, 4.69) is 22.9 Å². The lowest BCUT2D eigenvalue weighted by Crippen LogP contribution is -2.18. The normalized spacial score (nSPS) is 28.0. The molecule has 0 bridgehead atoms. The van der Waals surface area contributed by atoms with Gasteiger partial charge in [0.05, 0.1) is 14.9 Å². The summed E-state index contributed by atoms with van der Waals surface area (Å²) in [5.41, 5.74) is 0. The minimum Gasteiger partial charge on any atom is -0.387 e. The van der Waals surface area contributed by atoms with Crippen LogP contribution in [0.4, 0.5) is 0 Å². The number of hydrogen-bond acceptors (Lipinski definition) is 2. The summed E-state index contributed by atoms with van der Waals surface area (Å²) in [4.78, 5) is 0.997. The average molecular weight is 324 g/mol. The summed E-state index contributed by atoms with van der Waals surface area (Å²) >= 11 is 10.9. The minimum atomic E-state index is -0.332. The first-order valence-electron chi connectivity index (χ1n) is 5.70. The highest BCUT2D eigenvalue weighted by atomic mass is 79.9. The monoisotopic (exact) mass is 322 g/mol. The molecule has 0 amide bonds. The van der Waals surface area contributed by atoms with Gasteiger partial charge in [0.25, 0.3) is 0 Å². The van der Waals surface area contributed by atoms with Gasteiger partial charge in [-0.05, 0) is 46.7 Å². The van der Waals surface area contributed by atoms with Crippen LogP contribution in [0.15, 0.2) is 9.85 Å². The summed E-state index contributed by atoms with van der Waals surface area (Å²) in [5.74, 6) is 1.24. The fraction of sp³-hybridized carbons (Fsp3) is 0.667. The molecular weight excluding hydrogens is 308 g/mol. The van der Waals surface area contributed by atoms with Crippen LogP contribution in [0.5, 0.6) is 0 Å². The maximum Gasteiger partial charge on any atom is 0.0910 e. The van der Waals surface area contributed by atoms with Gasteiger partial charge in [0.2, 0.25) is 0 Å². The lowest BCUT2D eigenvalue weighted by Gasteiger charge is -2.29. The molecule has 0 aromatic carbocycles. The SMILES string of the molecule is CC1CCC(C(O)c2cc(Cl)c(Br)s2)CC1. The maximum atomic E-state index is 10.3. The second-order valence-corrected chi connectivity index (χ2v) is 7.54. The zero-order chi connectivity index (χ0) is 11.7. The smallest absolute Gasteiger partial charge is 0.0910 e. The first-order chi connectivity index (χ1) is 7.58. The maximum absolute atomic E-state index is 10.3. The molecule has 1 fully saturated rings. The van der Waals surface area contributed by atoms with Crippen LogP contribution in [0.25, 0.3) is 0 Å². The largest absolute Gasteiger partial charge is 0.387 e. The van der Waals surface area contributed by atoms with E-state index in [0.29, 0.717) is 10.9 Å². The highest BCUT2D eigenvalue weighted by molar-refractivity contribution is 9.11. The van der Waals surface area contributed by atoms with Crippen molar-refractivity contribution in [3.05, 3.63) is 19.8 Å². The topological polar surface area (TPSA) is 20.2 Å². The van der Waals surface area contributed by atoms with E-state index >= 15 is 0 Å². The second-order valence-electron chi connectivity index (χ2n) is 4.74. The Morgan fingerprint density at radius 2 is 2.06 bits per heavy atom. The van der Waals surface area contributed by atoms with Crippen molar-refractivity contribution < 1.29 is 5.11 Å². The van der Waals surface area contributed by atoms with Crippen LogP contribution in [0.2, 0.25) is 5.02 Å². The van der Waals surface area contributed by atoms with Crippen molar-refractivity contribution >= 4 is 38.9 Å². The van der Waals surface area contributed by atoms with Crippen LogP contribution < -0.4 is 0 Å². The van der Waals surface area contributed by atoms with Crippen molar-refractivity contribution in [2.75, 3.05) is 0 Å².